The normalized spacial score (nSPS) is 27.2. The Labute approximate surface area is 97.4 Å². The molecule has 1 aromatic rings. The molecule has 16 heavy (non-hydrogen) atoms. The molecule has 0 saturated carbocycles. The molecule has 4 nitrogen and oxygen atoms in total. The summed E-state index contributed by atoms with van der Waals surface area (Å²) in [6, 6.07) is 1.04. The zero-order chi connectivity index (χ0) is 11.5. The van der Waals surface area contributed by atoms with Crippen LogP contribution in [-0.2, 0) is 13.5 Å². The Bertz CT molecular complexity index is 334. The van der Waals surface area contributed by atoms with E-state index in [9.17, 15) is 0 Å². The van der Waals surface area contributed by atoms with E-state index in [1.807, 2.05) is 17.9 Å². The second kappa shape index (κ2) is 4.97. The molecule has 1 aromatic heterocycles. The van der Waals surface area contributed by atoms with Crippen molar-refractivity contribution in [2.45, 2.75) is 38.3 Å². The first-order chi connectivity index (χ1) is 7.65. The minimum atomic E-state index is 0.366. The van der Waals surface area contributed by atoms with Gasteiger partial charge in [-0.3, -0.25) is 9.58 Å². The minimum absolute atomic E-state index is 0.366. The first-order valence-corrected chi connectivity index (χ1v) is 6.12. The van der Waals surface area contributed by atoms with Crippen molar-refractivity contribution < 1.29 is 0 Å². The van der Waals surface area contributed by atoms with Crippen LogP contribution >= 0.6 is 0 Å². The minimum Gasteiger partial charge on any atom is -0.327 e. The molecule has 0 unspecified atom stereocenters. The van der Waals surface area contributed by atoms with E-state index in [1.54, 1.807) is 0 Å². The largest absolute Gasteiger partial charge is 0.327 e. The van der Waals surface area contributed by atoms with Crippen molar-refractivity contribution in [3.8, 4) is 0 Å². The summed E-state index contributed by atoms with van der Waals surface area (Å²) in [5.41, 5.74) is 7.32. The number of aryl methyl sites for hydroxylation is 1. The molecule has 0 aliphatic carbocycles. The monoisotopic (exact) mass is 222 g/mol. The Hall–Kier alpha value is -0.870. The van der Waals surface area contributed by atoms with Gasteiger partial charge in [0.1, 0.15) is 0 Å². The van der Waals surface area contributed by atoms with E-state index in [0.717, 1.165) is 19.5 Å². The Morgan fingerprint density at radius 2 is 2.31 bits per heavy atom. The summed E-state index contributed by atoms with van der Waals surface area (Å²) in [5.74, 6) is 0. The molecule has 1 aliphatic heterocycles. The summed E-state index contributed by atoms with van der Waals surface area (Å²) in [6.07, 6.45) is 7.52. The third-order valence-electron chi connectivity index (χ3n) is 3.49. The van der Waals surface area contributed by atoms with Gasteiger partial charge in [-0.05, 0) is 31.7 Å². The summed E-state index contributed by atoms with van der Waals surface area (Å²) in [6.45, 7) is 4.44. The molecule has 1 saturated heterocycles. The third kappa shape index (κ3) is 2.83. The molecule has 2 heterocycles. The maximum Gasteiger partial charge on any atom is 0.0522 e. The van der Waals surface area contributed by atoms with E-state index >= 15 is 0 Å². The van der Waals surface area contributed by atoms with Gasteiger partial charge in [0.2, 0.25) is 0 Å². The number of rotatable bonds is 3. The van der Waals surface area contributed by atoms with Crippen LogP contribution in [-0.4, -0.2) is 39.9 Å². The predicted octanol–water partition coefficient (Wildman–Crippen LogP) is 0.774. The van der Waals surface area contributed by atoms with E-state index in [1.165, 1.54) is 18.4 Å². The van der Waals surface area contributed by atoms with Gasteiger partial charge in [0.15, 0.2) is 0 Å². The lowest BCUT2D eigenvalue weighted by Gasteiger charge is -2.36. The van der Waals surface area contributed by atoms with Crippen LogP contribution in [0.1, 0.15) is 25.3 Å². The molecule has 2 rings (SSSR count). The number of likely N-dealkylation sites (tertiary alicyclic amines) is 1. The molecule has 0 radical (unpaired) electrons. The van der Waals surface area contributed by atoms with E-state index in [0.29, 0.717) is 12.1 Å². The molecule has 0 aromatic carbocycles. The van der Waals surface area contributed by atoms with Gasteiger partial charge < -0.3 is 5.73 Å². The zero-order valence-electron chi connectivity index (χ0n) is 10.3. The van der Waals surface area contributed by atoms with Crippen LogP contribution < -0.4 is 5.73 Å². The van der Waals surface area contributed by atoms with Crippen molar-refractivity contribution in [1.29, 1.82) is 0 Å². The second-order valence-electron chi connectivity index (χ2n) is 4.95. The van der Waals surface area contributed by atoms with Crippen molar-refractivity contribution in [2.75, 3.05) is 13.1 Å². The van der Waals surface area contributed by atoms with Crippen LogP contribution in [0.3, 0.4) is 0 Å². The lowest BCUT2D eigenvalue weighted by atomic mass is 9.99. The highest BCUT2D eigenvalue weighted by atomic mass is 15.2. The smallest absolute Gasteiger partial charge is 0.0522 e. The summed E-state index contributed by atoms with van der Waals surface area (Å²) in [7, 11) is 1.96. The first kappa shape index (κ1) is 11.6. The van der Waals surface area contributed by atoms with Gasteiger partial charge in [0, 0.05) is 38.4 Å². The Morgan fingerprint density at radius 3 is 3.00 bits per heavy atom. The molecule has 0 amide bonds. The van der Waals surface area contributed by atoms with Crippen LogP contribution in [0.2, 0.25) is 0 Å². The standard InChI is InChI=1S/C12H22N4/c1-10-3-4-12(13)9-16(10)6-5-11-7-14-15(2)8-11/h7-8,10,12H,3-6,9,13H2,1-2H3/t10-,12-/m1/s1. The number of nitrogens with two attached hydrogens (primary N) is 1. The van der Waals surface area contributed by atoms with Crippen LogP contribution in [0.25, 0.3) is 0 Å². The lowest BCUT2D eigenvalue weighted by Crippen LogP contribution is -2.48. The molecule has 0 spiro atoms. The van der Waals surface area contributed by atoms with Gasteiger partial charge in [-0.1, -0.05) is 0 Å². The maximum absolute atomic E-state index is 6.00. The number of hydrogen-bond donors (Lipinski definition) is 1. The number of piperidine rings is 1. The van der Waals surface area contributed by atoms with Crippen molar-refractivity contribution >= 4 is 0 Å². The predicted molar refractivity (Wildman–Crippen MR) is 65.2 cm³/mol. The van der Waals surface area contributed by atoms with Gasteiger partial charge in [0.25, 0.3) is 0 Å². The van der Waals surface area contributed by atoms with Crippen molar-refractivity contribution in [3.63, 3.8) is 0 Å². The number of hydrogen-bond acceptors (Lipinski definition) is 3. The highest BCUT2D eigenvalue weighted by Crippen LogP contribution is 2.16. The van der Waals surface area contributed by atoms with Gasteiger partial charge in [-0.25, -0.2) is 0 Å². The number of nitrogens with zero attached hydrogens (tertiary/aromatic N) is 3. The van der Waals surface area contributed by atoms with Gasteiger partial charge in [-0.2, -0.15) is 5.10 Å². The average molecular weight is 222 g/mol. The van der Waals surface area contributed by atoms with E-state index < -0.39 is 0 Å². The molecular weight excluding hydrogens is 200 g/mol. The molecule has 1 aliphatic rings. The number of aromatic nitrogens is 2. The maximum atomic E-state index is 6.00. The fourth-order valence-corrected chi connectivity index (χ4v) is 2.40. The average Bonchev–Trinajstić information content (AvgIpc) is 2.66. The van der Waals surface area contributed by atoms with Crippen LogP contribution in [0, 0.1) is 0 Å². The van der Waals surface area contributed by atoms with E-state index in [4.69, 9.17) is 5.73 Å². The van der Waals surface area contributed by atoms with E-state index in [2.05, 4.69) is 23.1 Å². The van der Waals surface area contributed by atoms with Gasteiger partial charge in [-0.15, -0.1) is 0 Å². The van der Waals surface area contributed by atoms with Gasteiger partial charge in [0.05, 0.1) is 6.20 Å². The van der Waals surface area contributed by atoms with Crippen molar-refractivity contribution in [2.24, 2.45) is 12.8 Å². The molecule has 1 fully saturated rings. The molecular formula is C12H22N4. The van der Waals surface area contributed by atoms with Crippen LogP contribution in [0.4, 0.5) is 0 Å². The summed E-state index contributed by atoms with van der Waals surface area (Å²) >= 11 is 0. The lowest BCUT2D eigenvalue weighted by molar-refractivity contribution is 0.147. The zero-order valence-corrected chi connectivity index (χ0v) is 10.3. The van der Waals surface area contributed by atoms with Crippen LogP contribution in [0.5, 0.6) is 0 Å². The van der Waals surface area contributed by atoms with Crippen molar-refractivity contribution in [1.82, 2.24) is 14.7 Å². The Kier molecular flexibility index (Phi) is 3.61. The van der Waals surface area contributed by atoms with Crippen molar-refractivity contribution in [3.05, 3.63) is 18.0 Å². The highest BCUT2D eigenvalue weighted by molar-refractivity contribution is 5.04. The fraction of sp³-hybridized carbons (Fsp3) is 0.750. The van der Waals surface area contributed by atoms with Gasteiger partial charge >= 0.3 is 0 Å². The molecule has 90 valence electrons. The molecule has 4 heteroatoms. The summed E-state index contributed by atoms with van der Waals surface area (Å²) < 4.78 is 1.86. The van der Waals surface area contributed by atoms with E-state index in [-0.39, 0.29) is 0 Å². The first-order valence-electron chi connectivity index (χ1n) is 6.12. The summed E-state index contributed by atoms with van der Waals surface area (Å²) in [5, 5.41) is 4.19. The fourth-order valence-electron chi connectivity index (χ4n) is 2.40. The Morgan fingerprint density at radius 1 is 1.50 bits per heavy atom. The summed E-state index contributed by atoms with van der Waals surface area (Å²) in [4.78, 5) is 2.50. The molecule has 0 bridgehead atoms. The SMILES string of the molecule is C[C@@H]1CC[C@@H](N)CN1CCc1cnn(C)c1. The quantitative estimate of drug-likeness (QED) is 0.822. The highest BCUT2D eigenvalue weighted by Gasteiger charge is 2.22. The third-order valence-corrected chi connectivity index (χ3v) is 3.49. The molecule has 2 N–H and O–H groups in total. The second-order valence-corrected chi connectivity index (χ2v) is 4.95. The Balaban J connectivity index is 1.84. The van der Waals surface area contributed by atoms with Crippen LogP contribution in [0.15, 0.2) is 12.4 Å². The topological polar surface area (TPSA) is 47.1 Å². The molecule has 2 atom stereocenters.